The largest absolute Gasteiger partial charge is 0.436 e. The fraction of sp³-hybridized carbons (Fsp3) is 0.474. The lowest BCUT2D eigenvalue weighted by molar-refractivity contribution is -0.142. The third kappa shape index (κ3) is 4.27. The summed E-state index contributed by atoms with van der Waals surface area (Å²) in [5.74, 6) is -0.267. The van der Waals surface area contributed by atoms with Crippen molar-refractivity contribution < 1.29 is 18.0 Å². The van der Waals surface area contributed by atoms with Crippen molar-refractivity contribution in [1.29, 1.82) is 0 Å². The molecule has 1 aliphatic heterocycles. The van der Waals surface area contributed by atoms with Crippen LogP contribution in [0, 0.1) is 6.92 Å². The van der Waals surface area contributed by atoms with Crippen LogP contribution in [0.3, 0.4) is 0 Å². The van der Waals surface area contributed by atoms with E-state index in [0.29, 0.717) is 26.2 Å². The lowest BCUT2D eigenvalue weighted by atomic mass is 10.1. The molecule has 1 aromatic carbocycles. The van der Waals surface area contributed by atoms with Gasteiger partial charge in [0.05, 0.1) is 10.7 Å². The second kappa shape index (κ2) is 8.03. The first-order chi connectivity index (χ1) is 13.2. The maximum Gasteiger partial charge on any atom is 0.436 e. The zero-order chi connectivity index (χ0) is 20.5. The Hall–Kier alpha value is -2.22. The molecule has 0 saturated carbocycles. The summed E-state index contributed by atoms with van der Waals surface area (Å²) in [6.07, 6.45) is -3.66. The van der Waals surface area contributed by atoms with E-state index in [2.05, 4.69) is 41.2 Å². The molecule has 0 bridgehead atoms. The Morgan fingerprint density at radius 3 is 2.25 bits per heavy atom. The van der Waals surface area contributed by atoms with Gasteiger partial charge in [0.2, 0.25) is 5.91 Å². The van der Waals surface area contributed by atoms with Gasteiger partial charge in [-0.15, -0.1) is 0 Å². The molecule has 0 unspecified atom stereocenters. The van der Waals surface area contributed by atoms with Crippen LogP contribution in [-0.4, -0.2) is 46.8 Å². The second-order valence-electron chi connectivity index (χ2n) is 6.79. The number of halogens is 4. The minimum atomic E-state index is -4.64. The molecular weight excluding hydrogens is 393 g/mol. The van der Waals surface area contributed by atoms with Gasteiger partial charge in [-0.2, -0.15) is 18.3 Å². The van der Waals surface area contributed by atoms with E-state index in [1.165, 1.54) is 12.5 Å². The summed E-state index contributed by atoms with van der Waals surface area (Å²) in [4.78, 5) is 16.4. The third-order valence-electron chi connectivity index (χ3n) is 5.03. The molecule has 9 heteroatoms. The van der Waals surface area contributed by atoms with E-state index in [0.717, 1.165) is 16.8 Å². The van der Waals surface area contributed by atoms with Gasteiger partial charge in [0.1, 0.15) is 6.54 Å². The molecule has 1 amide bonds. The van der Waals surface area contributed by atoms with Crippen molar-refractivity contribution in [3.63, 3.8) is 0 Å². The summed E-state index contributed by atoms with van der Waals surface area (Å²) in [7, 11) is 0. The van der Waals surface area contributed by atoms with E-state index in [1.807, 2.05) is 0 Å². The molecule has 0 radical (unpaired) electrons. The Bertz CT molecular complexity index is 840. The molecule has 2 aromatic rings. The van der Waals surface area contributed by atoms with Crippen LogP contribution in [0.4, 0.5) is 18.9 Å². The van der Waals surface area contributed by atoms with Crippen molar-refractivity contribution in [2.45, 2.75) is 33.0 Å². The first-order valence-corrected chi connectivity index (χ1v) is 9.50. The molecule has 0 aliphatic carbocycles. The van der Waals surface area contributed by atoms with E-state index >= 15 is 0 Å². The van der Waals surface area contributed by atoms with Crippen molar-refractivity contribution >= 4 is 23.2 Å². The first-order valence-electron chi connectivity index (χ1n) is 9.12. The van der Waals surface area contributed by atoms with Crippen LogP contribution in [0.15, 0.2) is 24.3 Å². The number of alkyl halides is 3. The summed E-state index contributed by atoms with van der Waals surface area (Å²) >= 11 is 5.74. The predicted molar refractivity (Wildman–Crippen MR) is 102 cm³/mol. The SMILES string of the molecule is CCc1ccc(N2CCN(C(=O)Cn3nc(C(F)(F)F)c(Cl)c3C)CC2)cc1. The summed E-state index contributed by atoms with van der Waals surface area (Å²) in [6.45, 7) is 5.63. The average molecular weight is 415 g/mol. The average Bonchev–Trinajstić information content (AvgIpc) is 2.97. The molecule has 1 saturated heterocycles. The number of nitrogens with zero attached hydrogens (tertiary/aromatic N) is 4. The van der Waals surface area contributed by atoms with Gasteiger partial charge in [0.25, 0.3) is 0 Å². The van der Waals surface area contributed by atoms with E-state index in [-0.39, 0.29) is 18.1 Å². The smallest absolute Gasteiger partial charge is 0.368 e. The van der Waals surface area contributed by atoms with Crippen LogP contribution in [-0.2, 0) is 23.9 Å². The molecule has 0 atom stereocenters. The minimum absolute atomic E-state index is 0.136. The molecule has 2 heterocycles. The van der Waals surface area contributed by atoms with Gasteiger partial charge in [0, 0.05) is 31.9 Å². The quantitative estimate of drug-likeness (QED) is 0.764. The van der Waals surface area contributed by atoms with Crippen LogP contribution >= 0.6 is 11.6 Å². The van der Waals surface area contributed by atoms with Gasteiger partial charge in [-0.1, -0.05) is 30.7 Å². The second-order valence-corrected chi connectivity index (χ2v) is 7.17. The standard InChI is InChI=1S/C19H22ClF3N4O/c1-3-14-4-6-15(7-5-14)25-8-10-26(11-9-25)16(28)12-27-13(2)17(20)18(24-27)19(21,22)23/h4-7H,3,8-12H2,1-2H3. The van der Waals surface area contributed by atoms with Crippen LogP contribution in [0.2, 0.25) is 5.02 Å². The van der Waals surface area contributed by atoms with Gasteiger partial charge >= 0.3 is 6.18 Å². The molecule has 1 aromatic heterocycles. The number of amides is 1. The predicted octanol–water partition coefficient (Wildman–Crippen LogP) is 3.77. The van der Waals surface area contributed by atoms with E-state index in [9.17, 15) is 18.0 Å². The highest BCUT2D eigenvalue weighted by Gasteiger charge is 2.38. The highest BCUT2D eigenvalue weighted by molar-refractivity contribution is 6.32. The number of carbonyl (C=O) groups excluding carboxylic acids is 1. The fourth-order valence-electron chi connectivity index (χ4n) is 3.24. The zero-order valence-electron chi connectivity index (χ0n) is 15.8. The molecule has 3 rings (SSSR count). The zero-order valence-corrected chi connectivity index (χ0v) is 16.5. The van der Waals surface area contributed by atoms with Crippen LogP contribution in [0.1, 0.15) is 23.9 Å². The number of anilines is 1. The van der Waals surface area contributed by atoms with Crippen molar-refractivity contribution in [2.24, 2.45) is 0 Å². The monoisotopic (exact) mass is 414 g/mol. The minimum Gasteiger partial charge on any atom is -0.368 e. The van der Waals surface area contributed by atoms with Crippen molar-refractivity contribution in [2.75, 3.05) is 31.1 Å². The van der Waals surface area contributed by atoms with E-state index < -0.39 is 16.9 Å². The van der Waals surface area contributed by atoms with Crippen molar-refractivity contribution in [1.82, 2.24) is 14.7 Å². The number of carbonyl (C=O) groups is 1. The Kier molecular flexibility index (Phi) is 5.88. The number of rotatable bonds is 4. The Balaban J connectivity index is 1.61. The third-order valence-corrected chi connectivity index (χ3v) is 5.48. The number of piperazine rings is 1. The highest BCUT2D eigenvalue weighted by Crippen LogP contribution is 2.35. The van der Waals surface area contributed by atoms with Gasteiger partial charge in [-0.25, -0.2) is 0 Å². The van der Waals surface area contributed by atoms with Crippen molar-refractivity contribution in [3.05, 3.63) is 46.2 Å². The molecule has 1 fully saturated rings. The van der Waals surface area contributed by atoms with Crippen molar-refractivity contribution in [3.8, 4) is 0 Å². The fourth-order valence-corrected chi connectivity index (χ4v) is 3.49. The molecule has 152 valence electrons. The molecule has 1 aliphatic rings. The molecular formula is C19H22ClF3N4O. The summed E-state index contributed by atoms with van der Waals surface area (Å²) in [6, 6.07) is 8.33. The van der Waals surface area contributed by atoms with Gasteiger partial charge in [0.15, 0.2) is 5.69 Å². The number of aryl methyl sites for hydroxylation is 1. The summed E-state index contributed by atoms with van der Waals surface area (Å²) < 4.78 is 39.8. The van der Waals surface area contributed by atoms with Gasteiger partial charge in [-0.05, 0) is 31.0 Å². The molecule has 0 N–H and O–H groups in total. The molecule has 0 spiro atoms. The van der Waals surface area contributed by atoms with Crippen LogP contribution in [0.5, 0.6) is 0 Å². The maximum atomic E-state index is 12.9. The van der Waals surface area contributed by atoms with E-state index in [4.69, 9.17) is 11.6 Å². The topological polar surface area (TPSA) is 41.4 Å². The summed E-state index contributed by atoms with van der Waals surface area (Å²) in [5.41, 5.74) is 1.36. The van der Waals surface area contributed by atoms with E-state index in [1.54, 1.807) is 4.90 Å². The van der Waals surface area contributed by atoms with Gasteiger partial charge in [-0.3, -0.25) is 9.48 Å². The Morgan fingerprint density at radius 1 is 1.14 bits per heavy atom. The highest BCUT2D eigenvalue weighted by atomic mass is 35.5. The molecule has 28 heavy (non-hydrogen) atoms. The lowest BCUT2D eigenvalue weighted by Gasteiger charge is -2.36. The van der Waals surface area contributed by atoms with Crippen LogP contribution in [0.25, 0.3) is 0 Å². The first kappa shape index (κ1) is 20.5. The number of hydrogen-bond donors (Lipinski definition) is 0. The summed E-state index contributed by atoms with van der Waals surface area (Å²) in [5, 5.41) is 3.04. The van der Waals surface area contributed by atoms with Gasteiger partial charge < -0.3 is 9.80 Å². The molecule has 5 nitrogen and oxygen atoms in total. The number of aromatic nitrogens is 2. The number of benzene rings is 1. The Labute approximate surface area is 166 Å². The van der Waals surface area contributed by atoms with Crippen LogP contribution < -0.4 is 4.90 Å². The Morgan fingerprint density at radius 2 is 1.75 bits per heavy atom. The number of hydrogen-bond acceptors (Lipinski definition) is 3. The normalized spacial score (nSPS) is 15.2. The maximum absolute atomic E-state index is 12.9. The lowest BCUT2D eigenvalue weighted by Crippen LogP contribution is -2.49.